The molecule has 1 aromatic carbocycles. The van der Waals surface area contributed by atoms with E-state index in [0.717, 1.165) is 29.7 Å². The number of nitrogens with zero attached hydrogens (tertiary/aromatic N) is 1. The molecule has 0 saturated heterocycles. The molecule has 0 amide bonds. The van der Waals surface area contributed by atoms with Gasteiger partial charge in [0.1, 0.15) is 0 Å². The summed E-state index contributed by atoms with van der Waals surface area (Å²) in [6.45, 7) is 2.04. The van der Waals surface area contributed by atoms with Crippen LogP contribution in [-0.4, -0.2) is 24.2 Å². The molecule has 2 aliphatic rings. The minimum atomic E-state index is -0.651. The van der Waals surface area contributed by atoms with E-state index >= 15 is 0 Å². The zero-order valence-electron chi connectivity index (χ0n) is 12.3. The van der Waals surface area contributed by atoms with E-state index in [9.17, 15) is 9.90 Å². The van der Waals surface area contributed by atoms with Gasteiger partial charge in [-0.05, 0) is 37.3 Å². The molecule has 3 heteroatoms. The van der Waals surface area contributed by atoms with E-state index in [4.69, 9.17) is 0 Å². The van der Waals surface area contributed by atoms with Crippen LogP contribution < -0.4 is 4.90 Å². The Morgan fingerprint density at radius 1 is 1.25 bits per heavy atom. The summed E-state index contributed by atoms with van der Waals surface area (Å²) >= 11 is 0. The molecule has 20 heavy (non-hydrogen) atoms. The average molecular weight is 273 g/mol. The first kappa shape index (κ1) is 13.5. The van der Waals surface area contributed by atoms with Gasteiger partial charge in [-0.25, -0.2) is 0 Å². The zero-order chi connectivity index (χ0) is 14.3. The molecule has 0 aromatic heterocycles. The third-order valence-corrected chi connectivity index (χ3v) is 5.12. The highest BCUT2D eigenvalue weighted by Crippen LogP contribution is 2.46. The van der Waals surface area contributed by atoms with Crippen LogP contribution in [0, 0.1) is 12.8 Å². The fourth-order valence-electron chi connectivity index (χ4n) is 4.16. The fraction of sp³-hybridized carbons (Fsp3) is 0.588. The van der Waals surface area contributed by atoms with Crippen molar-refractivity contribution in [3.63, 3.8) is 0 Å². The van der Waals surface area contributed by atoms with E-state index in [1.165, 1.54) is 19.3 Å². The maximum absolute atomic E-state index is 11.9. The van der Waals surface area contributed by atoms with Gasteiger partial charge in [-0.2, -0.15) is 0 Å². The molecule has 0 spiro atoms. The molecule has 3 atom stereocenters. The maximum atomic E-state index is 11.9. The first-order valence-corrected chi connectivity index (χ1v) is 7.66. The second kappa shape index (κ2) is 5.12. The average Bonchev–Trinajstić information content (AvgIpc) is 2.64. The lowest BCUT2D eigenvalue weighted by Gasteiger charge is -2.44. The minimum absolute atomic E-state index is 0.259. The highest BCUT2D eigenvalue weighted by atomic mass is 16.4. The van der Waals surface area contributed by atoms with E-state index in [1.54, 1.807) is 0 Å². The van der Waals surface area contributed by atoms with Crippen molar-refractivity contribution in [3.05, 3.63) is 29.3 Å². The van der Waals surface area contributed by atoms with Crippen LogP contribution in [0.4, 0.5) is 5.69 Å². The number of hydrogen-bond donors (Lipinski definition) is 1. The van der Waals surface area contributed by atoms with Gasteiger partial charge in [-0.3, -0.25) is 4.79 Å². The van der Waals surface area contributed by atoms with Crippen molar-refractivity contribution in [1.29, 1.82) is 0 Å². The number of hydrogen-bond acceptors (Lipinski definition) is 2. The van der Waals surface area contributed by atoms with Crippen LogP contribution in [0.25, 0.3) is 0 Å². The Hall–Kier alpha value is -1.51. The van der Waals surface area contributed by atoms with Crippen LogP contribution in [-0.2, 0) is 4.79 Å². The first-order valence-electron chi connectivity index (χ1n) is 7.66. The second-order valence-electron chi connectivity index (χ2n) is 6.36. The number of carboxylic acids is 1. The third-order valence-electron chi connectivity index (χ3n) is 5.12. The molecule has 3 unspecified atom stereocenters. The molecule has 1 aliphatic carbocycles. The topological polar surface area (TPSA) is 40.5 Å². The van der Waals surface area contributed by atoms with Crippen LogP contribution in [0.1, 0.15) is 49.1 Å². The van der Waals surface area contributed by atoms with Gasteiger partial charge in [0.25, 0.3) is 0 Å². The van der Waals surface area contributed by atoms with Crippen molar-refractivity contribution >= 4 is 11.7 Å². The van der Waals surface area contributed by atoms with E-state index in [-0.39, 0.29) is 11.8 Å². The number of carboxylic acid groups (broad SMARTS) is 1. The molecule has 1 aliphatic heterocycles. The molecule has 1 fully saturated rings. The van der Waals surface area contributed by atoms with Crippen LogP contribution in [0.15, 0.2) is 18.2 Å². The van der Waals surface area contributed by atoms with E-state index < -0.39 is 5.97 Å². The van der Waals surface area contributed by atoms with Crippen molar-refractivity contribution in [1.82, 2.24) is 0 Å². The standard InChI is InChI=1S/C17H23NO2/c1-11-8-9-15-13(10-11)16(17(19)20)12-6-4-3-5-7-14(12)18(15)2/h8-10,12,14,16H,3-7H2,1-2H3,(H,19,20). The van der Waals surface area contributed by atoms with Crippen molar-refractivity contribution in [2.24, 2.45) is 5.92 Å². The summed E-state index contributed by atoms with van der Waals surface area (Å²) in [5, 5.41) is 9.77. The van der Waals surface area contributed by atoms with Crippen LogP contribution >= 0.6 is 0 Å². The summed E-state index contributed by atoms with van der Waals surface area (Å²) in [5.74, 6) is -0.722. The number of carbonyl (C=O) groups is 1. The normalized spacial score (nSPS) is 29.3. The molecular formula is C17H23NO2. The number of benzene rings is 1. The summed E-state index contributed by atoms with van der Waals surface area (Å²) in [4.78, 5) is 14.2. The van der Waals surface area contributed by atoms with Crippen molar-refractivity contribution in [2.75, 3.05) is 11.9 Å². The summed E-state index contributed by atoms with van der Waals surface area (Å²) < 4.78 is 0. The predicted octanol–water partition coefficient (Wildman–Crippen LogP) is 3.56. The van der Waals surface area contributed by atoms with Crippen LogP contribution in [0.2, 0.25) is 0 Å². The minimum Gasteiger partial charge on any atom is -0.481 e. The van der Waals surface area contributed by atoms with E-state index in [2.05, 4.69) is 30.1 Å². The molecule has 3 nitrogen and oxygen atoms in total. The summed E-state index contributed by atoms with van der Waals surface area (Å²) in [6, 6.07) is 6.65. The van der Waals surface area contributed by atoms with Crippen LogP contribution in [0.3, 0.4) is 0 Å². The summed E-state index contributed by atoms with van der Waals surface area (Å²) in [7, 11) is 2.13. The van der Waals surface area contributed by atoms with Crippen LogP contribution in [0.5, 0.6) is 0 Å². The molecule has 0 radical (unpaired) electrons. The Morgan fingerprint density at radius 3 is 2.75 bits per heavy atom. The van der Waals surface area contributed by atoms with Gasteiger partial charge >= 0.3 is 5.97 Å². The molecule has 0 bridgehead atoms. The molecule has 3 rings (SSSR count). The quantitative estimate of drug-likeness (QED) is 0.850. The summed E-state index contributed by atoms with van der Waals surface area (Å²) in [5.41, 5.74) is 3.28. The molecule has 1 heterocycles. The van der Waals surface area contributed by atoms with E-state index in [1.807, 2.05) is 6.92 Å². The fourth-order valence-corrected chi connectivity index (χ4v) is 4.16. The molecule has 1 aromatic rings. The first-order chi connectivity index (χ1) is 9.59. The Kier molecular flexibility index (Phi) is 3.45. The van der Waals surface area contributed by atoms with Crippen molar-refractivity contribution in [3.8, 4) is 0 Å². The van der Waals surface area contributed by atoms with Crippen molar-refractivity contribution < 1.29 is 9.90 Å². The van der Waals surface area contributed by atoms with Gasteiger partial charge in [0.05, 0.1) is 5.92 Å². The number of aliphatic carboxylic acids is 1. The Bertz CT molecular complexity index is 526. The molecule has 1 saturated carbocycles. The second-order valence-corrected chi connectivity index (χ2v) is 6.36. The van der Waals surface area contributed by atoms with Crippen molar-refractivity contribution in [2.45, 2.75) is 51.0 Å². The van der Waals surface area contributed by atoms with Gasteiger partial charge < -0.3 is 10.0 Å². The number of fused-ring (bicyclic) bond motifs is 2. The summed E-state index contributed by atoms with van der Waals surface area (Å²) in [6.07, 6.45) is 5.79. The van der Waals surface area contributed by atoms with Gasteiger partial charge in [-0.1, -0.05) is 37.0 Å². The zero-order valence-corrected chi connectivity index (χ0v) is 12.3. The Balaban J connectivity index is 2.12. The maximum Gasteiger partial charge on any atom is 0.311 e. The lowest BCUT2D eigenvalue weighted by Crippen LogP contribution is -2.46. The third kappa shape index (κ3) is 2.09. The smallest absolute Gasteiger partial charge is 0.311 e. The monoisotopic (exact) mass is 273 g/mol. The molecule has 108 valence electrons. The number of anilines is 1. The number of aryl methyl sites for hydroxylation is 1. The largest absolute Gasteiger partial charge is 0.481 e. The van der Waals surface area contributed by atoms with Gasteiger partial charge in [-0.15, -0.1) is 0 Å². The molecule has 1 N–H and O–H groups in total. The van der Waals surface area contributed by atoms with Gasteiger partial charge in [0, 0.05) is 18.8 Å². The predicted molar refractivity (Wildman–Crippen MR) is 80.3 cm³/mol. The molecular weight excluding hydrogens is 250 g/mol. The SMILES string of the molecule is Cc1ccc2c(c1)C(C(=O)O)C1CCCCCC1N2C. The van der Waals surface area contributed by atoms with Gasteiger partial charge in [0.2, 0.25) is 0 Å². The Labute approximate surface area is 120 Å². The lowest BCUT2D eigenvalue weighted by atomic mass is 9.74. The number of rotatable bonds is 1. The highest BCUT2D eigenvalue weighted by molar-refractivity contribution is 5.81. The van der Waals surface area contributed by atoms with Gasteiger partial charge in [0.15, 0.2) is 0 Å². The highest BCUT2D eigenvalue weighted by Gasteiger charge is 2.43. The van der Waals surface area contributed by atoms with E-state index in [0.29, 0.717) is 6.04 Å². The Morgan fingerprint density at radius 2 is 2.00 bits per heavy atom. The lowest BCUT2D eigenvalue weighted by molar-refractivity contribution is -0.140.